The van der Waals surface area contributed by atoms with Crippen molar-refractivity contribution >= 4 is 0 Å². The van der Waals surface area contributed by atoms with Crippen molar-refractivity contribution in [3.63, 3.8) is 0 Å². The van der Waals surface area contributed by atoms with Gasteiger partial charge in [0.1, 0.15) is 0 Å². The summed E-state index contributed by atoms with van der Waals surface area (Å²) in [4.78, 5) is 0. The lowest BCUT2D eigenvalue weighted by Gasteiger charge is -2.21. The topological polar surface area (TPSA) is 0 Å². The third kappa shape index (κ3) is 14.2. The van der Waals surface area contributed by atoms with Crippen LogP contribution in [0.15, 0.2) is 0 Å². The fourth-order valence-electron chi connectivity index (χ4n) is 2.57. The highest BCUT2D eigenvalue weighted by Gasteiger charge is 2.13. The Morgan fingerprint density at radius 2 is 1.00 bits per heavy atom. The second-order valence-electron chi connectivity index (χ2n) is 6.80. The molecule has 0 aromatic heterocycles. The van der Waals surface area contributed by atoms with Gasteiger partial charge in [0, 0.05) is 0 Å². The predicted octanol–water partition coefficient (Wildman–Crippen LogP) is 7.33. The van der Waals surface area contributed by atoms with Gasteiger partial charge in [-0.1, -0.05) is 104 Å². The van der Waals surface area contributed by atoms with Crippen molar-refractivity contribution in [1.82, 2.24) is 0 Å². The van der Waals surface area contributed by atoms with Gasteiger partial charge in [0.05, 0.1) is 0 Å². The summed E-state index contributed by atoms with van der Waals surface area (Å²) >= 11 is 0. The van der Waals surface area contributed by atoms with E-state index in [1.807, 2.05) is 0 Å². The molecular formula is C19H39. The van der Waals surface area contributed by atoms with E-state index in [1.165, 1.54) is 89.9 Å². The average Bonchev–Trinajstić information content (AvgIpc) is 2.40. The summed E-state index contributed by atoms with van der Waals surface area (Å²) < 4.78 is 0. The summed E-state index contributed by atoms with van der Waals surface area (Å²) in [5.41, 5.74) is 0.332. The van der Waals surface area contributed by atoms with Gasteiger partial charge in [0.15, 0.2) is 0 Å². The van der Waals surface area contributed by atoms with Crippen LogP contribution in [0.3, 0.4) is 0 Å². The fourth-order valence-corrected chi connectivity index (χ4v) is 2.57. The fraction of sp³-hybridized carbons (Fsp3) is 0.947. The molecule has 1 unspecified atom stereocenters. The smallest absolute Gasteiger partial charge is 0.0328 e. The molecule has 0 amide bonds. The van der Waals surface area contributed by atoms with Crippen LogP contribution in [0.25, 0.3) is 0 Å². The minimum atomic E-state index is 0.332. The van der Waals surface area contributed by atoms with E-state index in [-0.39, 0.29) is 0 Å². The monoisotopic (exact) mass is 267 g/mol. The highest BCUT2D eigenvalue weighted by atomic mass is 14.2. The van der Waals surface area contributed by atoms with Gasteiger partial charge in [0.2, 0.25) is 0 Å². The minimum Gasteiger partial charge on any atom is -0.0654 e. The molecule has 115 valence electrons. The number of hydrogen-bond donors (Lipinski definition) is 0. The van der Waals surface area contributed by atoms with Crippen LogP contribution in [-0.4, -0.2) is 0 Å². The molecule has 0 aromatic carbocycles. The maximum atomic E-state index is 4.28. The third-order valence-electron chi connectivity index (χ3n) is 4.49. The molecule has 0 N–H and O–H groups in total. The van der Waals surface area contributed by atoms with E-state index in [0.717, 1.165) is 0 Å². The Bertz CT molecular complexity index is 169. The van der Waals surface area contributed by atoms with Crippen molar-refractivity contribution in [1.29, 1.82) is 0 Å². The van der Waals surface area contributed by atoms with Crippen molar-refractivity contribution < 1.29 is 0 Å². The lowest BCUT2D eigenvalue weighted by atomic mass is 9.84. The summed E-state index contributed by atoms with van der Waals surface area (Å²) in [5, 5.41) is 0. The predicted molar refractivity (Wildman–Crippen MR) is 89.5 cm³/mol. The molecule has 0 aliphatic rings. The molecular weight excluding hydrogens is 228 g/mol. The van der Waals surface area contributed by atoms with Crippen molar-refractivity contribution in [2.75, 3.05) is 0 Å². The van der Waals surface area contributed by atoms with Gasteiger partial charge in [-0.3, -0.25) is 0 Å². The minimum absolute atomic E-state index is 0.332. The lowest BCUT2D eigenvalue weighted by molar-refractivity contribution is 0.352. The molecule has 1 radical (unpaired) electrons. The molecule has 0 aromatic rings. The first-order valence-corrected chi connectivity index (χ1v) is 8.97. The molecule has 0 fully saturated rings. The van der Waals surface area contributed by atoms with E-state index in [9.17, 15) is 0 Å². The Hall–Kier alpha value is 0. The number of hydrogen-bond acceptors (Lipinski definition) is 0. The second-order valence-corrected chi connectivity index (χ2v) is 6.80. The van der Waals surface area contributed by atoms with E-state index >= 15 is 0 Å². The summed E-state index contributed by atoms with van der Waals surface area (Å²) in [6.07, 6.45) is 19.8. The van der Waals surface area contributed by atoms with E-state index < -0.39 is 0 Å². The zero-order chi connectivity index (χ0) is 14.4. The molecule has 0 spiro atoms. The van der Waals surface area contributed by atoms with Crippen LogP contribution in [0.4, 0.5) is 0 Å². The molecule has 0 nitrogen and oxygen atoms in total. The van der Waals surface area contributed by atoms with Crippen molar-refractivity contribution in [3.05, 3.63) is 6.92 Å². The van der Waals surface area contributed by atoms with E-state index in [0.29, 0.717) is 5.41 Å². The Morgan fingerprint density at radius 1 is 0.632 bits per heavy atom. The Morgan fingerprint density at radius 3 is 1.37 bits per heavy atom. The van der Waals surface area contributed by atoms with Crippen LogP contribution in [0.1, 0.15) is 111 Å². The second kappa shape index (κ2) is 13.0. The lowest BCUT2D eigenvalue weighted by Crippen LogP contribution is -2.09. The van der Waals surface area contributed by atoms with Crippen LogP contribution in [0.5, 0.6) is 0 Å². The molecule has 19 heavy (non-hydrogen) atoms. The highest BCUT2D eigenvalue weighted by molar-refractivity contribution is 4.74. The van der Waals surface area contributed by atoms with E-state index in [4.69, 9.17) is 0 Å². The largest absolute Gasteiger partial charge is 0.0654 e. The van der Waals surface area contributed by atoms with Crippen molar-refractivity contribution in [2.24, 2.45) is 5.41 Å². The van der Waals surface area contributed by atoms with Crippen LogP contribution in [0.2, 0.25) is 0 Å². The normalized spacial score (nSPS) is 12.0. The molecule has 0 saturated heterocycles. The summed E-state index contributed by atoms with van der Waals surface area (Å²) in [6.45, 7) is 11.1. The van der Waals surface area contributed by atoms with Crippen LogP contribution < -0.4 is 0 Å². The van der Waals surface area contributed by atoms with Gasteiger partial charge in [-0.25, -0.2) is 0 Å². The van der Waals surface area contributed by atoms with Crippen molar-refractivity contribution in [3.8, 4) is 0 Å². The van der Waals surface area contributed by atoms with Gasteiger partial charge in [-0.15, -0.1) is 0 Å². The van der Waals surface area contributed by atoms with E-state index in [1.54, 1.807) is 0 Å². The van der Waals surface area contributed by atoms with Crippen LogP contribution in [0, 0.1) is 12.3 Å². The van der Waals surface area contributed by atoms with Gasteiger partial charge in [0.25, 0.3) is 0 Å². The van der Waals surface area contributed by atoms with Crippen LogP contribution >= 0.6 is 0 Å². The van der Waals surface area contributed by atoms with Crippen LogP contribution in [-0.2, 0) is 0 Å². The summed E-state index contributed by atoms with van der Waals surface area (Å²) in [5.74, 6) is 0. The molecule has 0 aliphatic heterocycles. The number of unbranched alkanes of at least 4 members (excludes halogenated alkanes) is 11. The van der Waals surface area contributed by atoms with Gasteiger partial charge in [-0.2, -0.15) is 0 Å². The van der Waals surface area contributed by atoms with Gasteiger partial charge >= 0.3 is 0 Å². The SMILES string of the molecule is [CH2]C(C)(CC)CCCCCCCCCCCCCC. The molecule has 0 rings (SSSR count). The summed E-state index contributed by atoms with van der Waals surface area (Å²) in [7, 11) is 0. The summed E-state index contributed by atoms with van der Waals surface area (Å²) in [6, 6.07) is 0. The first-order valence-electron chi connectivity index (χ1n) is 8.97. The quantitative estimate of drug-likeness (QED) is 0.289. The molecule has 1 atom stereocenters. The average molecular weight is 268 g/mol. The Balaban J connectivity index is 3.07. The van der Waals surface area contributed by atoms with Gasteiger partial charge in [-0.05, 0) is 18.8 Å². The zero-order valence-corrected chi connectivity index (χ0v) is 14.1. The maximum absolute atomic E-state index is 4.28. The zero-order valence-electron chi connectivity index (χ0n) is 14.1. The maximum Gasteiger partial charge on any atom is -0.0328 e. The standard InChI is InChI=1S/C19H39/c1-5-7-8-9-10-11-12-13-14-15-16-17-18-19(3,4)6-2/h3,5-18H2,1-2,4H3. The highest BCUT2D eigenvalue weighted by Crippen LogP contribution is 2.26. The molecule has 0 saturated carbocycles. The van der Waals surface area contributed by atoms with Crippen molar-refractivity contribution in [2.45, 2.75) is 111 Å². The first-order chi connectivity index (χ1) is 9.12. The van der Waals surface area contributed by atoms with E-state index in [2.05, 4.69) is 27.7 Å². The Kier molecular flexibility index (Phi) is 13.0. The van der Waals surface area contributed by atoms with Gasteiger partial charge < -0.3 is 0 Å². The molecule has 0 aliphatic carbocycles. The molecule has 0 heteroatoms. The molecule has 0 bridgehead atoms. The number of rotatable bonds is 14. The first kappa shape index (κ1) is 19.0. The Labute approximate surface area is 123 Å². The third-order valence-corrected chi connectivity index (χ3v) is 4.49. The molecule has 0 heterocycles.